The first-order valence-electron chi connectivity index (χ1n) is 7.51. The smallest absolute Gasteiger partial charge is 0.271 e. The second-order valence-electron chi connectivity index (χ2n) is 6.14. The summed E-state index contributed by atoms with van der Waals surface area (Å²) in [4.78, 5) is 23.1. The number of anilines is 1. The Bertz CT molecular complexity index is 742. The summed E-state index contributed by atoms with van der Waals surface area (Å²) in [6, 6.07) is 13.8. The van der Waals surface area contributed by atoms with Crippen molar-refractivity contribution < 1.29 is 14.5 Å². The van der Waals surface area contributed by atoms with Crippen molar-refractivity contribution in [2.24, 2.45) is 5.41 Å². The molecule has 0 aliphatic carbocycles. The van der Waals surface area contributed by atoms with E-state index < -0.39 is 10.3 Å². The van der Waals surface area contributed by atoms with Gasteiger partial charge in [-0.15, -0.1) is 0 Å². The Morgan fingerprint density at radius 1 is 1.21 bits per heavy atom. The number of non-ortho nitro benzene ring substituents is 1. The summed E-state index contributed by atoms with van der Waals surface area (Å²) in [5.74, 6) is 0.148. The molecule has 0 spiro atoms. The van der Waals surface area contributed by atoms with Crippen LogP contribution >= 0.6 is 0 Å². The predicted octanol–water partition coefficient (Wildman–Crippen LogP) is 3.81. The highest BCUT2D eigenvalue weighted by atomic mass is 16.6. The Kier molecular flexibility index (Phi) is 5.18. The zero-order valence-corrected chi connectivity index (χ0v) is 13.9. The molecule has 0 aliphatic rings. The van der Waals surface area contributed by atoms with Crippen molar-refractivity contribution in [2.45, 2.75) is 20.3 Å². The summed E-state index contributed by atoms with van der Waals surface area (Å²) < 4.78 is 5.17. The molecular formula is C18H20N2O4. The van der Waals surface area contributed by atoms with Crippen LogP contribution in [-0.4, -0.2) is 17.9 Å². The van der Waals surface area contributed by atoms with Gasteiger partial charge < -0.3 is 10.1 Å². The van der Waals surface area contributed by atoms with E-state index in [1.54, 1.807) is 0 Å². The Balaban J connectivity index is 2.21. The van der Waals surface area contributed by atoms with E-state index in [0.29, 0.717) is 12.2 Å². The summed E-state index contributed by atoms with van der Waals surface area (Å²) >= 11 is 0. The van der Waals surface area contributed by atoms with Crippen molar-refractivity contribution in [1.82, 2.24) is 0 Å². The molecule has 0 fully saturated rings. The van der Waals surface area contributed by atoms with Gasteiger partial charge in [-0.05, 0) is 18.1 Å². The highest BCUT2D eigenvalue weighted by Gasteiger charge is 2.29. The van der Waals surface area contributed by atoms with Gasteiger partial charge in [0.2, 0.25) is 5.91 Å². The number of amides is 1. The van der Waals surface area contributed by atoms with Crippen LogP contribution in [0.25, 0.3) is 0 Å². The second-order valence-corrected chi connectivity index (χ2v) is 6.14. The van der Waals surface area contributed by atoms with Crippen molar-refractivity contribution in [3.63, 3.8) is 0 Å². The molecule has 2 rings (SSSR count). The number of rotatable bonds is 6. The molecule has 0 heterocycles. The van der Waals surface area contributed by atoms with Gasteiger partial charge in [0.05, 0.1) is 17.7 Å². The van der Waals surface area contributed by atoms with E-state index in [4.69, 9.17) is 4.74 Å². The molecule has 0 aliphatic heterocycles. The second kappa shape index (κ2) is 7.12. The lowest BCUT2D eigenvalue weighted by molar-refractivity contribution is -0.384. The molecule has 1 N–H and O–H groups in total. The number of methoxy groups -OCH3 is 1. The molecule has 0 atom stereocenters. The Labute approximate surface area is 140 Å². The monoisotopic (exact) mass is 328 g/mol. The standard InChI is InChI=1S/C18H20N2O4/c1-18(2,12-13-7-5-4-6-8-13)17(21)19-15-11-14(20(22)23)9-10-16(15)24-3/h4-11H,12H2,1-3H3,(H,19,21). The van der Waals surface area contributed by atoms with Crippen LogP contribution in [-0.2, 0) is 11.2 Å². The third kappa shape index (κ3) is 4.10. The van der Waals surface area contributed by atoms with Gasteiger partial charge in [0.1, 0.15) is 5.75 Å². The molecule has 24 heavy (non-hydrogen) atoms. The SMILES string of the molecule is COc1ccc([N+](=O)[O-])cc1NC(=O)C(C)(C)Cc1ccccc1. The van der Waals surface area contributed by atoms with E-state index >= 15 is 0 Å². The molecule has 2 aromatic rings. The summed E-state index contributed by atoms with van der Waals surface area (Å²) in [7, 11) is 1.45. The molecule has 126 valence electrons. The number of ether oxygens (including phenoxy) is 1. The van der Waals surface area contributed by atoms with Gasteiger partial charge in [0.15, 0.2) is 0 Å². The first-order chi connectivity index (χ1) is 11.3. The van der Waals surface area contributed by atoms with Crippen molar-refractivity contribution in [3.8, 4) is 5.75 Å². The zero-order chi connectivity index (χ0) is 17.7. The van der Waals surface area contributed by atoms with Crippen molar-refractivity contribution in [1.29, 1.82) is 0 Å². The molecule has 0 aromatic heterocycles. The minimum atomic E-state index is -0.684. The lowest BCUT2D eigenvalue weighted by Crippen LogP contribution is -2.32. The number of carbonyl (C=O) groups is 1. The largest absolute Gasteiger partial charge is 0.495 e. The molecule has 0 radical (unpaired) electrons. The maximum Gasteiger partial charge on any atom is 0.271 e. The number of hydrogen-bond donors (Lipinski definition) is 1. The van der Waals surface area contributed by atoms with E-state index in [9.17, 15) is 14.9 Å². The molecule has 0 saturated carbocycles. The molecule has 0 bridgehead atoms. The van der Waals surface area contributed by atoms with Gasteiger partial charge in [-0.2, -0.15) is 0 Å². The number of nitro groups is 1. The molecule has 0 saturated heterocycles. The van der Waals surface area contributed by atoms with Gasteiger partial charge in [-0.3, -0.25) is 14.9 Å². The Morgan fingerprint density at radius 3 is 2.46 bits per heavy atom. The van der Waals surface area contributed by atoms with Crippen LogP contribution in [0.3, 0.4) is 0 Å². The van der Waals surface area contributed by atoms with Crippen LogP contribution in [0.2, 0.25) is 0 Å². The molecular weight excluding hydrogens is 308 g/mol. The van der Waals surface area contributed by atoms with Crippen LogP contribution in [0.4, 0.5) is 11.4 Å². The minimum Gasteiger partial charge on any atom is -0.495 e. The first-order valence-corrected chi connectivity index (χ1v) is 7.51. The molecule has 6 nitrogen and oxygen atoms in total. The summed E-state index contributed by atoms with van der Waals surface area (Å²) in [6.07, 6.45) is 0.552. The number of nitro benzene ring substituents is 1. The number of nitrogens with one attached hydrogen (secondary N) is 1. The molecule has 0 unspecified atom stereocenters. The van der Waals surface area contributed by atoms with Crippen molar-refractivity contribution in [2.75, 3.05) is 12.4 Å². The van der Waals surface area contributed by atoms with Gasteiger partial charge in [0, 0.05) is 17.5 Å². The number of carbonyl (C=O) groups excluding carboxylic acids is 1. The fourth-order valence-electron chi connectivity index (χ4n) is 2.39. The predicted molar refractivity (Wildman–Crippen MR) is 92.2 cm³/mol. The highest BCUT2D eigenvalue weighted by Crippen LogP contribution is 2.31. The Hall–Kier alpha value is -2.89. The van der Waals surface area contributed by atoms with E-state index in [-0.39, 0.29) is 17.3 Å². The fourth-order valence-corrected chi connectivity index (χ4v) is 2.39. The molecule has 6 heteroatoms. The number of hydrogen-bond acceptors (Lipinski definition) is 4. The first kappa shape index (κ1) is 17.5. The van der Waals surface area contributed by atoms with Crippen LogP contribution in [0.5, 0.6) is 5.75 Å². The topological polar surface area (TPSA) is 81.5 Å². The van der Waals surface area contributed by atoms with E-state index in [0.717, 1.165) is 5.56 Å². The van der Waals surface area contributed by atoms with E-state index in [2.05, 4.69) is 5.32 Å². The van der Waals surface area contributed by atoms with Crippen LogP contribution in [0.1, 0.15) is 19.4 Å². The average molecular weight is 328 g/mol. The summed E-state index contributed by atoms with van der Waals surface area (Å²) in [5, 5.41) is 13.7. The van der Waals surface area contributed by atoms with Crippen molar-refractivity contribution in [3.05, 3.63) is 64.2 Å². The molecule has 1 amide bonds. The summed E-state index contributed by atoms with van der Waals surface area (Å²) in [6.45, 7) is 3.67. The zero-order valence-electron chi connectivity index (χ0n) is 13.9. The maximum absolute atomic E-state index is 12.7. The van der Waals surface area contributed by atoms with Crippen LogP contribution < -0.4 is 10.1 Å². The quantitative estimate of drug-likeness (QED) is 0.646. The lowest BCUT2D eigenvalue weighted by atomic mass is 9.84. The summed E-state index contributed by atoms with van der Waals surface area (Å²) in [5.41, 5.74) is 0.547. The van der Waals surface area contributed by atoms with E-state index in [1.165, 1.54) is 25.3 Å². The number of benzene rings is 2. The van der Waals surface area contributed by atoms with E-state index in [1.807, 2.05) is 44.2 Å². The highest BCUT2D eigenvalue weighted by molar-refractivity contribution is 5.96. The third-order valence-corrected chi connectivity index (χ3v) is 3.75. The average Bonchev–Trinajstić information content (AvgIpc) is 2.55. The van der Waals surface area contributed by atoms with Crippen LogP contribution in [0.15, 0.2) is 48.5 Å². The number of nitrogens with zero attached hydrogens (tertiary/aromatic N) is 1. The van der Waals surface area contributed by atoms with Gasteiger partial charge in [-0.1, -0.05) is 44.2 Å². The van der Waals surface area contributed by atoms with Crippen LogP contribution in [0, 0.1) is 15.5 Å². The molecule has 2 aromatic carbocycles. The Morgan fingerprint density at radius 2 is 1.88 bits per heavy atom. The lowest BCUT2D eigenvalue weighted by Gasteiger charge is -2.24. The third-order valence-electron chi connectivity index (χ3n) is 3.75. The van der Waals surface area contributed by atoms with Gasteiger partial charge in [-0.25, -0.2) is 0 Å². The normalized spacial score (nSPS) is 11.0. The minimum absolute atomic E-state index is 0.105. The van der Waals surface area contributed by atoms with Gasteiger partial charge in [0.25, 0.3) is 5.69 Å². The fraction of sp³-hybridized carbons (Fsp3) is 0.278. The maximum atomic E-state index is 12.7. The van der Waals surface area contributed by atoms with Crippen molar-refractivity contribution >= 4 is 17.3 Å². The van der Waals surface area contributed by atoms with Gasteiger partial charge >= 0.3 is 0 Å².